The summed E-state index contributed by atoms with van der Waals surface area (Å²) in [5.41, 5.74) is 6.17. The molecule has 0 aliphatic rings. The lowest BCUT2D eigenvalue weighted by Gasteiger charge is -2.03. The Labute approximate surface area is 66.0 Å². The van der Waals surface area contributed by atoms with E-state index in [9.17, 15) is 0 Å². The first-order chi connectivity index (χ1) is 5.22. The summed E-state index contributed by atoms with van der Waals surface area (Å²) in [4.78, 5) is 2.01. The number of aromatic nitrogens is 1. The standard InChI is InChI=1S/C7H13N3O/c1-10(2)5-7-3-6(4-8)9-11-7/h3H,4-5,8H2,1-2H3. The Morgan fingerprint density at radius 1 is 1.64 bits per heavy atom. The van der Waals surface area contributed by atoms with Gasteiger partial charge >= 0.3 is 0 Å². The van der Waals surface area contributed by atoms with Crippen molar-refractivity contribution < 1.29 is 4.52 Å². The summed E-state index contributed by atoms with van der Waals surface area (Å²) in [6.45, 7) is 1.21. The van der Waals surface area contributed by atoms with E-state index in [0.717, 1.165) is 18.0 Å². The van der Waals surface area contributed by atoms with E-state index in [4.69, 9.17) is 10.3 Å². The van der Waals surface area contributed by atoms with Crippen molar-refractivity contribution in [1.82, 2.24) is 10.1 Å². The Hall–Kier alpha value is -0.870. The van der Waals surface area contributed by atoms with Crippen LogP contribution in [0.4, 0.5) is 0 Å². The number of hydrogen-bond acceptors (Lipinski definition) is 4. The van der Waals surface area contributed by atoms with Crippen LogP contribution in [0.1, 0.15) is 11.5 Å². The van der Waals surface area contributed by atoms with Crippen LogP contribution in [0.5, 0.6) is 0 Å². The topological polar surface area (TPSA) is 55.3 Å². The van der Waals surface area contributed by atoms with Crippen molar-refractivity contribution in [1.29, 1.82) is 0 Å². The summed E-state index contributed by atoms with van der Waals surface area (Å²) in [6.07, 6.45) is 0. The van der Waals surface area contributed by atoms with E-state index < -0.39 is 0 Å². The van der Waals surface area contributed by atoms with Crippen LogP contribution in [0.25, 0.3) is 0 Å². The van der Waals surface area contributed by atoms with Crippen molar-refractivity contribution in [3.05, 3.63) is 17.5 Å². The monoisotopic (exact) mass is 155 g/mol. The van der Waals surface area contributed by atoms with Crippen LogP contribution in [0.2, 0.25) is 0 Å². The molecule has 4 nitrogen and oxygen atoms in total. The van der Waals surface area contributed by atoms with Crippen LogP contribution in [0, 0.1) is 0 Å². The lowest BCUT2D eigenvalue weighted by atomic mass is 10.3. The Morgan fingerprint density at radius 3 is 2.82 bits per heavy atom. The minimum absolute atomic E-state index is 0.441. The largest absolute Gasteiger partial charge is 0.360 e. The van der Waals surface area contributed by atoms with Gasteiger partial charge in [0.2, 0.25) is 0 Å². The molecule has 0 aromatic carbocycles. The highest BCUT2D eigenvalue weighted by Crippen LogP contribution is 2.03. The van der Waals surface area contributed by atoms with E-state index in [2.05, 4.69) is 5.16 Å². The van der Waals surface area contributed by atoms with Crippen LogP contribution in [0.3, 0.4) is 0 Å². The number of hydrogen-bond donors (Lipinski definition) is 1. The lowest BCUT2D eigenvalue weighted by molar-refractivity contribution is 0.308. The smallest absolute Gasteiger partial charge is 0.150 e. The molecule has 0 bridgehead atoms. The fourth-order valence-corrected chi connectivity index (χ4v) is 0.838. The lowest BCUT2D eigenvalue weighted by Crippen LogP contribution is -2.09. The third-order valence-electron chi connectivity index (χ3n) is 1.29. The maximum Gasteiger partial charge on any atom is 0.150 e. The molecule has 4 heteroatoms. The van der Waals surface area contributed by atoms with Gasteiger partial charge < -0.3 is 15.2 Å². The average Bonchev–Trinajstić information content (AvgIpc) is 2.34. The molecule has 0 saturated carbocycles. The Kier molecular flexibility index (Phi) is 2.62. The molecule has 0 fully saturated rings. The van der Waals surface area contributed by atoms with E-state index in [-0.39, 0.29) is 0 Å². The molecule has 0 unspecified atom stereocenters. The highest BCUT2D eigenvalue weighted by atomic mass is 16.5. The van der Waals surface area contributed by atoms with Crippen molar-refractivity contribution in [2.45, 2.75) is 13.1 Å². The van der Waals surface area contributed by atoms with Gasteiger partial charge in [0.25, 0.3) is 0 Å². The van der Waals surface area contributed by atoms with Crippen LogP contribution in [0.15, 0.2) is 10.6 Å². The first-order valence-corrected chi connectivity index (χ1v) is 3.51. The molecule has 0 spiro atoms. The van der Waals surface area contributed by atoms with E-state index in [1.165, 1.54) is 0 Å². The molecule has 1 aromatic rings. The molecule has 11 heavy (non-hydrogen) atoms. The zero-order valence-corrected chi connectivity index (χ0v) is 6.87. The molecule has 62 valence electrons. The van der Waals surface area contributed by atoms with Crippen LogP contribution in [-0.4, -0.2) is 24.2 Å². The summed E-state index contributed by atoms with van der Waals surface area (Å²) >= 11 is 0. The van der Waals surface area contributed by atoms with Crippen molar-refractivity contribution in [2.24, 2.45) is 5.73 Å². The summed E-state index contributed by atoms with van der Waals surface area (Å²) in [5.74, 6) is 0.857. The fourth-order valence-electron chi connectivity index (χ4n) is 0.838. The predicted octanol–water partition coefficient (Wildman–Crippen LogP) is 0.195. The van der Waals surface area contributed by atoms with Crippen molar-refractivity contribution in [2.75, 3.05) is 14.1 Å². The predicted molar refractivity (Wildman–Crippen MR) is 41.8 cm³/mol. The second kappa shape index (κ2) is 3.50. The SMILES string of the molecule is CN(C)Cc1cc(CN)no1. The van der Waals surface area contributed by atoms with Crippen molar-refractivity contribution >= 4 is 0 Å². The van der Waals surface area contributed by atoms with Gasteiger partial charge in [-0.15, -0.1) is 0 Å². The molecule has 1 rings (SSSR count). The summed E-state index contributed by atoms with van der Waals surface area (Å²) in [7, 11) is 3.95. The van der Waals surface area contributed by atoms with Gasteiger partial charge in [0, 0.05) is 12.6 Å². The zero-order chi connectivity index (χ0) is 8.27. The third-order valence-corrected chi connectivity index (χ3v) is 1.29. The molecule has 0 aliphatic heterocycles. The molecule has 0 radical (unpaired) electrons. The highest BCUT2D eigenvalue weighted by molar-refractivity contribution is 5.04. The molecule has 0 aliphatic carbocycles. The molecule has 0 saturated heterocycles. The normalized spacial score (nSPS) is 10.9. The summed E-state index contributed by atoms with van der Waals surface area (Å²) in [5, 5.41) is 3.76. The number of rotatable bonds is 3. The highest BCUT2D eigenvalue weighted by Gasteiger charge is 2.02. The van der Waals surface area contributed by atoms with E-state index in [1.807, 2.05) is 25.1 Å². The van der Waals surface area contributed by atoms with Gasteiger partial charge in [0.1, 0.15) is 0 Å². The molecule has 2 N–H and O–H groups in total. The molecule has 1 aromatic heterocycles. The maximum atomic E-state index is 5.36. The van der Waals surface area contributed by atoms with Crippen LogP contribution < -0.4 is 5.73 Å². The summed E-state index contributed by atoms with van der Waals surface area (Å²) < 4.78 is 4.99. The van der Waals surface area contributed by atoms with Crippen molar-refractivity contribution in [3.63, 3.8) is 0 Å². The van der Waals surface area contributed by atoms with E-state index in [0.29, 0.717) is 6.54 Å². The minimum Gasteiger partial charge on any atom is -0.360 e. The number of nitrogens with zero attached hydrogens (tertiary/aromatic N) is 2. The average molecular weight is 155 g/mol. The van der Waals surface area contributed by atoms with Gasteiger partial charge in [0.15, 0.2) is 5.76 Å². The second-order valence-electron chi connectivity index (χ2n) is 2.73. The molecule has 0 atom stereocenters. The molecular weight excluding hydrogens is 142 g/mol. The first kappa shape index (κ1) is 8.23. The first-order valence-electron chi connectivity index (χ1n) is 3.51. The minimum atomic E-state index is 0.441. The quantitative estimate of drug-likeness (QED) is 0.677. The van der Waals surface area contributed by atoms with E-state index in [1.54, 1.807) is 0 Å². The van der Waals surface area contributed by atoms with Gasteiger partial charge in [-0.05, 0) is 14.1 Å². The molecule has 1 heterocycles. The number of nitrogens with two attached hydrogens (primary N) is 1. The second-order valence-corrected chi connectivity index (χ2v) is 2.73. The Bertz CT molecular complexity index is 219. The Balaban J connectivity index is 2.58. The van der Waals surface area contributed by atoms with Crippen molar-refractivity contribution in [3.8, 4) is 0 Å². The van der Waals surface area contributed by atoms with Gasteiger partial charge in [-0.3, -0.25) is 0 Å². The molecule has 0 amide bonds. The summed E-state index contributed by atoms with van der Waals surface area (Å²) in [6, 6.07) is 1.88. The van der Waals surface area contributed by atoms with Crippen LogP contribution >= 0.6 is 0 Å². The Morgan fingerprint density at radius 2 is 2.36 bits per heavy atom. The van der Waals surface area contributed by atoms with Gasteiger partial charge in [0.05, 0.1) is 12.2 Å². The fraction of sp³-hybridized carbons (Fsp3) is 0.571. The van der Waals surface area contributed by atoms with Gasteiger partial charge in [-0.2, -0.15) is 0 Å². The third kappa shape index (κ3) is 2.32. The van der Waals surface area contributed by atoms with Crippen LogP contribution in [-0.2, 0) is 13.1 Å². The van der Waals surface area contributed by atoms with E-state index >= 15 is 0 Å². The maximum absolute atomic E-state index is 5.36. The van der Waals surface area contributed by atoms with Gasteiger partial charge in [-0.25, -0.2) is 0 Å². The molecular formula is C7H13N3O. The zero-order valence-electron chi connectivity index (χ0n) is 6.87. The van der Waals surface area contributed by atoms with Gasteiger partial charge in [-0.1, -0.05) is 5.16 Å².